The van der Waals surface area contributed by atoms with Gasteiger partial charge in [-0.15, -0.1) is 0 Å². The van der Waals surface area contributed by atoms with Crippen molar-refractivity contribution in [1.82, 2.24) is 0 Å². The van der Waals surface area contributed by atoms with E-state index in [1.807, 2.05) is 24.3 Å². The minimum Gasteiger partial charge on any atom is -0.330 e. The lowest BCUT2D eigenvalue weighted by molar-refractivity contribution is 0.954. The van der Waals surface area contributed by atoms with E-state index in [0.717, 1.165) is 11.4 Å². The first-order valence-electron chi connectivity index (χ1n) is 5.92. The lowest BCUT2D eigenvalue weighted by atomic mass is 10.1. The molecule has 0 saturated heterocycles. The van der Waals surface area contributed by atoms with Gasteiger partial charge in [0.25, 0.3) is 0 Å². The standard InChI is InChI=1S/C15H16ClNS/c1-11-10-15(5-2-12(11)8-9-17)18-14-6-3-13(16)4-7-14/h2-7,10H,8-9,17H2,1H3. The fourth-order valence-corrected chi connectivity index (χ4v) is 2.85. The molecule has 0 unspecified atom stereocenters. The molecule has 0 bridgehead atoms. The Morgan fingerprint density at radius 2 is 1.72 bits per heavy atom. The van der Waals surface area contributed by atoms with Crippen LogP contribution in [0.1, 0.15) is 11.1 Å². The van der Waals surface area contributed by atoms with E-state index >= 15 is 0 Å². The van der Waals surface area contributed by atoms with E-state index < -0.39 is 0 Å². The molecule has 0 fully saturated rings. The highest BCUT2D eigenvalue weighted by atomic mass is 35.5. The zero-order valence-electron chi connectivity index (χ0n) is 10.3. The van der Waals surface area contributed by atoms with E-state index in [9.17, 15) is 0 Å². The molecule has 0 aliphatic rings. The molecule has 2 aromatic carbocycles. The summed E-state index contributed by atoms with van der Waals surface area (Å²) < 4.78 is 0. The van der Waals surface area contributed by atoms with Crippen molar-refractivity contribution in [2.75, 3.05) is 6.54 Å². The van der Waals surface area contributed by atoms with Crippen LogP contribution >= 0.6 is 23.4 Å². The first-order valence-corrected chi connectivity index (χ1v) is 7.11. The van der Waals surface area contributed by atoms with Crippen molar-refractivity contribution in [3.63, 3.8) is 0 Å². The Kier molecular flexibility index (Phi) is 4.70. The molecule has 2 rings (SSSR count). The van der Waals surface area contributed by atoms with E-state index in [1.165, 1.54) is 20.9 Å². The number of hydrogen-bond donors (Lipinski definition) is 1. The Labute approximate surface area is 117 Å². The molecule has 0 spiro atoms. The van der Waals surface area contributed by atoms with Crippen LogP contribution in [0.2, 0.25) is 5.02 Å². The van der Waals surface area contributed by atoms with E-state index in [1.54, 1.807) is 11.8 Å². The van der Waals surface area contributed by atoms with Gasteiger partial charge in [-0.25, -0.2) is 0 Å². The van der Waals surface area contributed by atoms with Gasteiger partial charge in [0.05, 0.1) is 0 Å². The largest absolute Gasteiger partial charge is 0.330 e. The van der Waals surface area contributed by atoms with Gasteiger partial charge in [0.15, 0.2) is 0 Å². The molecule has 0 amide bonds. The normalized spacial score (nSPS) is 10.6. The number of halogens is 1. The van der Waals surface area contributed by atoms with Crippen molar-refractivity contribution in [2.24, 2.45) is 5.73 Å². The van der Waals surface area contributed by atoms with Gasteiger partial charge in [0.1, 0.15) is 0 Å². The number of rotatable bonds is 4. The van der Waals surface area contributed by atoms with Crippen LogP contribution in [0, 0.1) is 6.92 Å². The summed E-state index contributed by atoms with van der Waals surface area (Å²) >= 11 is 7.62. The van der Waals surface area contributed by atoms with Crippen molar-refractivity contribution >= 4 is 23.4 Å². The van der Waals surface area contributed by atoms with E-state index in [4.69, 9.17) is 17.3 Å². The lowest BCUT2D eigenvalue weighted by Crippen LogP contribution is -2.03. The third-order valence-electron chi connectivity index (χ3n) is 2.78. The quantitative estimate of drug-likeness (QED) is 0.902. The molecular weight excluding hydrogens is 262 g/mol. The zero-order chi connectivity index (χ0) is 13.0. The molecule has 1 nitrogen and oxygen atoms in total. The predicted molar refractivity (Wildman–Crippen MR) is 79.5 cm³/mol. The van der Waals surface area contributed by atoms with Crippen LogP contribution in [0.15, 0.2) is 52.3 Å². The molecule has 94 valence electrons. The Morgan fingerprint density at radius 3 is 2.33 bits per heavy atom. The summed E-state index contributed by atoms with van der Waals surface area (Å²) in [7, 11) is 0. The summed E-state index contributed by atoms with van der Waals surface area (Å²) in [5, 5.41) is 0.772. The fraction of sp³-hybridized carbons (Fsp3) is 0.200. The zero-order valence-corrected chi connectivity index (χ0v) is 11.9. The second-order valence-electron chi connectivity index (χ2n) is 4.18. The molecule has 0 atom stereocenters. The van der Waals surface area contributed by atoms with Gasteiger partial charge in [0.2, 0.25) is 0 Å². The summed E-state index contributed by atoms with van der Waals surface area (Å²) in [5.74, 6) is 0. The third-order valence-corrected chi connectivity index (χ3v) is 4.03. The molecule has 2 N–H and O–H groups in total. The minimum atomic E-state index is 0.699. The summed E-state index contributed by atoms with van der Waals surface area (Å²) in [5.41, 5.74) is 8.22. The van der Waals surface area contributed by atoms with Gasteiger partial charge >= 0.3 is 0 Å². The van der Waals surface area contributed by atoms with Gasteiger partial charge in [-0.05, 0) is 67.4 Å². The highest BCUT2D eigenvalue weighted by Gasteiger charge is 2.01. The minimum absolute atomic E-state index is 0.699. The molecular formula is C15H16ClNS. The third kappa shape index (κ3) is 3.52. The number of nitrogens with two attached hydrogens (primary N) is 1. The molecule has 2 aromatic rings. The van der Waals surface area contributed by atoms with Crippen molar-refractivity contribution in [2.45, 2.75) is 23.1 Å². The summed E-state index contributed by atoms with van der Waals surface area (Å²) in [4.78, 5) is 2.45. The topological polar surface area (TPSA) is 26.0 Å². The van der Waals surface area contributed by atoms with Crippen LogP contribution < -0.4 is 5.73 Å². The molecule has 0 aromatic heterocycles. The van der Waals surface area contributed by atoms with Gasteiger partial charge in [-0.2, -0.15) is 0 Å². The smallest absolute Gasteiger partial charge is 0.0406 e. The molecule has 18 heavy (non-hydrogen) atoms. The number of benzene rings is 2. The summed E-state index contributed by atoms with van der Waals surface area (Å²) in [6, 6.07) is 14.4. The first kappa shape index (κ1) is 13.5. The second kappa shape index (κ2) is 6.28. The highest BCUT2D eigenvalue weighted by Crippen LogP contribution is 2.29. The maximum Gasteiger partial charge on any atom is 0.0406 e. The maximum absolute atomic E-state index is 5.87. The van der Waals surface area contributed by atoms with Crippen molar-refractivity contribution in [3.05, 3.63) is 58.6 Å². The fourth-order valence-electron chi connectivity index (χ4n) is 1.81. The van der Waals surface area contributed by atoms with Gasteiger partial charge in [-0.3, -0.25) is 0 Å². The van der Waals surface area contributed by atoms with Crippen molar-refractivity contribution in [3.8, 4) is 0 Å². The van der Waals surface area contributed by atoms with Crippen molar-refractivity contribution in [1.29, 1.82) is 0 Å². The van der Waals surface area contributed by atoms with E-state index in [-0.39, 0.29) is 0 Å². The molecule has 0 saturated carbocycles. The van der Waals surface area contributed by atoms with Crippen LogP contribution in [-0.2, 0) is 6.42 Å². The van der Waals surface area contributed by atoms with Crippen LogP contribution in [0.4, 0.5) is 0 Å². The Hall–Kier alpha value is -0.960. The second-order valence-corrected chi connectivity index (χ2v) is 5.77. The molecule has 0 aliphatic carbocycles. The van der Waals surface area contributed by atoms with E-state index in [2.05, 4.69) is 25.1 Å². The average Bonchev–Trinajstić information content (AvgIpc) is 2.36. The van der Waals surface area contributed by atoms with Crippen molar-refractivity contribution < 1.29 is 0 Å². The molecule has 0 radical (unpaired) electrons. The maximum atomic E-state index is 5.87. The SMILES string of the molecule is Cc1cc(Sc2ccc(Cl)cc2)ccc1CCN. The lowest BCUT2D eigenvalue weighted by Gasteiger charge is -2.07. The Bertz CT molecular complexity index is 523. The Morgan fingerprint density at radius 1 is 1.06 bits per heavy atom. The van der Waals surface area contributed by atoms with Crippen LogP contribution in [0.25, 0.3) is 0 Å². The summed E-state index contributed by atoms with van der Waals surface area (Å²) in [6.07, 6.45) is 0.942. The number of aryl methyl sites for hydroxylation is 1. The first-order chi connectivity index (χ1) is 8.69. The van der Waals surface area contributed by atoms with Crippen LogP contribution in [0.3, 0.4) is 0 Å². The Balaban J connectivity index is 2.14. The monoisotopic (exact) mass is 277 g/mol. The molecule has 0 aliphatic heterocycles. The molecule has 3 heteroatoms. The van der Waals surface area contributed by atoms with Gasteiger partial charge in [-0.1, -0.05) is 29.4 Å². The van der Waals surface area contributed by atoms with Crippen LogP contribution in [-0.4, -0.2) is 6.54 Å². The highest BCUT2D eigenvalue weighted by molar-refractivity contribution is 7.99. The predicted octanol–water partition coefficient (Wildman–Crippen LogP) is 4.30. The summed E-state index contributed by atoms with van der Waals surface area (Å²) in [6.45, 7) is 2.83. The van der Waals surface area contributed by atoms with Crippen LogP contribution in [0.5, 0.6) is 0 Å². The van der Waals surface area contributed by atoms with Gasteiger partial charge in [0, 0.05) is 14.8 Å². The molecule has 0 heterocycles. The average molecular weight is 278 g/mol. The number of hydrogen-bond acceptors (Lipinski definition) is 2. The van der Waals surface area contributed by atoms with Gasteiger partial charge < -0.3 is 5.73 Å². The van der Waals surface area contributed by atoms with E-state index in [0.29, 0.717) is 6.54 Å².